The Balaban J connectivity index is 2.75. The number of rotatable bonds is 2. The van der Waals surface area contributed by atoms with E-state index in [1.54, 1.807) is 4.57 Å². The van der Waals surface area contributed by atoms with Crippen molar-refractivity contribution >= 4 is 27.0 Å². The van der Waals surface area contributed by atoms with Crippen LogP contribution in [0.15, 0.2) is 27.5 Å². The second-order valence-electron chi connectivity index (χ2n) is 4.48. The first-order valence-corrected chi connectivity index (χ1v) is 6.14. The van der Waals surface area contributed by atoms with Gasteiger partial charge in [-0.25, -0.2) is 4.79 Å². The minimum Gasteiger partial charge on any atom is -0.295 e. The average molecular weight is 283 g/mol. The van der Waals surface area contributed by atoms with Gasteiger partial charge in [0, 0.05) is 18.1 Å². The first-order valence-electron chi connectivity index (χ1n) is 5.35. The monoisotopic (exact) mass is 282 g/mol. The van der Waals surface area contributed by atoms with Crippen LogP contribution in [-0.2, 0) is 13.6 Å². The van der Waals surface area contributed by atoms with Gasteiger partial charge < -0.3 is 0 Å². The highest BCUT2D eigenvalue weighted by Gasteiger charge is 2.11. The fraction of sp³-hybridized carbons (Fsp3) is 0.417. The summed E-state index contributed by atoms with van der Waals surface area (Å²) in [4.78, 5) is 12.0. The average Bonchev–Trinajstić information content (AvgIpc) is 2.43. The number of aryl methyl sites for hydroxylation is 1. The van der Waals surface area contributed by atoms with E-state index in [1.165, 1.54) is 0 Å². The van der Waals surface area contributed by atoms with Crippen molar-refractivity contribution in [2.45, 2.75) is 20.4 Å². The van der Waals surface area contributed by atoms with Gasteiger partial charge in [0.1, 0.15) is 0 Å². The quantitative estimate of drug-likeness (QED) is 0.832. The SMILES string of the molecule is CC(C)Cn1c(=O)n(C)c2ccc(Br)cc21. The van der Waals surface area contributed by atoms with Crippen LogP contribution in [0.1, 0.15) is 13.8 Å². The van der Waals surface area contributed by atoms with E-state index in [-0.39, 0.29) is 5.69 Å². The number of aromatic nitrogens is 2. The lowest BCUT2D eigenvalue weighted by Gasteiger charge is -2.06. The Bertz CT molecular complexity index is 580. The minimum absolute atomic E-state index is 0.0572. The van der Waals surface area contributed by atoms with Crippen molar-refractivity contribution < 1.29 is 0 Å². The second-order valence-corrected chi connectivity index (χ2v) is 5.39. The molecule has 0 amide bonds. The summed E-state index contributed by atoms with van der Waals surface area (Å²) in [6.07, 6.45) is 0. The Morgan fingerprint density at radius 1 is 1.31 bits per heavy atom. The molecule has 0 atom stereocenters. The molecule has 0 bridgehead atoms. The second kappa shape index (κ2) is 4.09. The molecule has 2 aromatic rings. The number of halogens is 1. The fourth-order valence-electron chi connectivity index (χ4n) is 1.93. The Morgan fingerprint density at radius 2 is 2.00 bits per heavy atom. The molecule has 0 aliphatic rings. The molecular weight excluding hydrogens is 268 g/mol. The van der Waals surface area contributed by atoms with Crippen LogP contribution in [0.2, 0.25) is 0 Å². The molecule has 4 heteroatoms. The maximum Gasteiger partial charge on any atom is 0.328 e. The summed E-state index contributed by atoms with van der Waals surface area (Å²) >= 11 is 3.44. The molecule has 1 aromatic carbocycles. The third-order valence-corrected chi connectivity index (χ3v) is 3.15. The highest BCUT2D eigenvalue weighted by Crippen LogP contribution is 2.19. The third-order valence-electron chi connectivity index (χ3n) is 2.66. The van der Waals surface area contributed by atoms with Gasteiger partial charge in [0.2, 0.25) is 0 Å². The van der Waals surface area contributed by atoms with Crippen molar-refractivity contribution in [2.24, 2.45) is 13.0 Å². The summed E-state index contributed by atoms with van der Waals surface area (Å²) in [7, 11) is 1.81. The fourth-order valence-corrected chi connectivity index (χ4v) is 2.27. The number of fused-ring (bicyclic) bond motifs is 1. The van der Waals surface area contributed by atoms with Crippen molar-refractivity contribution in [1.29, 1.82) is 0 Å². The molecule has 86 valence electrons. The first kappa shape index (κ1) is 11.5. The summed E-state index contributed by atoms with van der Waals surface area (Å²) < 4.78 is 4.54. The molecule has 0 unspecified atom stereocenters. The lowest BCUT2D eigenvalue weighted by Crippen LogP contribution is -2.24. The van der Waals surface area contributed by atoms with Crippen LogP contribution in [-0.4, -0.2) is 9.13 Å². The molecule has 0 saturated heterocycles. The predicted molar refractivity (Wildman–Crippen MR) is 69.7 cm³/mol. The molecular formula is C12H15BrN2O. The summed E-state index contributed by atoms with van der Waals surface area (Å²) in [5.41, 5.74) is 2.03. The van der Waals surface area contributed by atoms with Gasteiger partial charge in [0.05, 0.1) is 11.0 Å². The maximum atomic E-state index is 12.0. The van der Waals surface area contributed by atoms with Crippen LogP contribution in [0.5, 0.6) is 0 Å². The van der Waals surface area contributed by atoms with Crippen molar-refractivity contribution in [3.8, 4) is 0 Å². The Labute approximate surface area is 103 Å². The van der Waals surface area contributed by atoms with E-state index in [4.69, 9.17) is 0 Å². The number of hydrogen-bond donors (Lipinski definition) is 0. The van der Waals surface area contributed by atoms with Crippen LogP contribution in [0.3, 0.4) is 0 Å². The van der Waals surface area contributed by atoms with Gasteiger partial charge in [-0.1, -0.05) is 29.8 Å². The summed E-state index contributed by atoms with van der Waals surface area (Å²) in [5.74, 6) is 0.460. The summed E-state index contributed by atoms with van der Waals surface area (Å²) in [5, 5.41) is 0. The van der Waals surface area contributed by atoms with E-state index in [9.17, 15) is 4.79 Å². The van der Waals surface area contributed by atoms with E-state index in [0.717, 1.165) is 22.1 Å². The zero-order chi connectivity index (χ0) is 11.9. The highest BCUT2D eigenvalue weighted by atomic mass is 79.9. The minimum atomic E-state index is 0.0572. The molecule has 0 N–H and O–H groups in total. The van der Waals surface area contributed by atoms with Crippen LogP contribution < -0.4 is 5.69 Å². The number of nitrogens with zero attached hydrogens (tertiary/aromatic N) is 2. The van der Waals surface area contributed by atoms with Crippen LogP contribution in [0.4, 0.5) is 0 Å². The molecule has 2 rings (SSSR count). The van der Waals surface area contributed by atoms with Crippen LogP contribution in [0, 0.1) is 5.92 Å². The highest BCUT2D eigenvalue weighted by molar-refractivity contribution is 9.10. The number of benzene rings is 1. The molecule has 1 aromatic heterocycles. The van der Waals surface area contributed by atoms with Gasteiger partial charge in [0.25, 0.3) is 0 Å². The normalized spacial score (nSPS) is 11.6. The molecule has 0 fully saturated rings. The zero-order valence-electron chi connectivity index (χ0n) is 9.70. The van der Waals surface area contributed by atoms with Gasteiger partial charge in [-0.15, -0.1) is 0 Å². The molecule has 1 heterocycles. The van der Waals surface area contributed by atoms with Gasteiger partial charge in [-0.05, 0) is 24.1 Å². The molecule has 3 nitrogen and oxygen atoms in total. The number of imidazole rings is 1. The molecule has 16 heavy (non-hydrogen) atoms. The Kier molecular flexibility index (Phi) is 2.93. The molecule has 0 radical (unpaired) electrons. The number of hydrogen-bond acceptors (Lipinski definition) is 1. The Hall–Kier alpha value is -1.03. The van der Waals surface area contributed by atoms with Crippen LogP contribution in [0.25, 0.3) is 11.0 Å². The standard InChI is InChI=1S/C12H15BrN2O/c1-8(2)7-15-11-6-9(13)4-5-10(11)14(3)12(15)16/h4-6,8H,7H2,1-3H3. The van der Waals surface area contributed by atoms with Crippen molar-refractivity contribution in [2.75, 3.05) is 0 Å². The molecule has 0 aliphatic carbocycles. The van der Waals surface area contributed by atoms with Gasteiger partial charge in [0.15, 0.2) is 0 Å². The van der Waals surface area contributed by atoms with E-state index in [1.807, 2.05) is 29.8 Å². The largest absolute Gasteiger partial charge is 0.328 e. The third kappa shape index (κ3) is 1.82. The summed E-state index contributed by atoms with van der Waals surface area (Å²) in [6.45, 7) is 4.99. The first-order chi connectivity index (χ1) is 7.50. The van der Waals surface area contributed by atoms with Crippen molar-refractivity contribution in [3.05, 3.63) is 33.2 Å². The molecule has 0 aliphatic heterocycles. The molecule has 0 spiro atoms. The van der Waals surface area contributed by atoms with Gasteiger partial charge in [-0.2, -0.15) is 0 Å². The van der Waals surface area contributed by atoms with E-state index in [0.29, 0.717) is 5.92 Å². The predicted octanol–water partition coefficient (Wildman–Crippen LogP) is 2.76. The van der Waals surface area contributed by atoms with Gasteiger partial charge >= 0.3 is 5.69 Å². The smallest absolute Gasteiger partial charge is 0.295 e. The van der Waals surface area contributed by atoms with Crippen molar-refractivity contribution in [3.63, 3.8) is 0 Å². The Morgan fingerprint density at radius 3 is 2.62 bits per heavy atom. The van der Waals surface area contributed by atoms with E-state index in [2.05, 4.69) is 29.8 Å². The lowest BCUT2D eigenvalue weighted by molar-refractivity contribution is 0.516. The topological polar surface area (TPSA) is 26.9 Å². The van der Waals surface area contributed by atoms with E-state index < -0.39 is 0 Å². The zero-order valence-corrected chi connectivity index (χ0v) is 11.3. The van der Waals surface area contributed by atoms with Crippen LogP contribution >= 0.6 is 15.9 Å². The lowest BCUT2D eigenvalue weighted by atomic mass is 10.2. The molecule has 0 saturated carbocycles. The maximum absolute atomic E-state index is 12.0. The van der Waals surface area contributed by atoms with Crippen molar-refractivity contribution in [1.82, 2.24) is 9.13 Å². The summed E-state index contributed by atoms with van der Waals surface area (Å²) in [6, 6.07) is 5.93. The van der Waals surface area contributed by atoms with E-state index >= 15 is 0 Å². The van der Waals surface area contributed by atoms with Gasteiger partial charge in [-0.3, -0.25) is 9.13 Å².